The van der Waals surface area contributed by atoms with Crippen LogP contribution in [-0.2, 0) is 14.4 Å². The molecule has 27 heavy (non-hydrogen) atoms. The van der Waals surface area contributed by atoms with Crippen molar-refractivity contribution in [1.29, 1.82) is 0 Å². The first kappa shape index (κ1) is 19.9. The molecule has 3 rings (SSSR count). The Hall–Kier alpha value is -1.89. The summed E-state index contributed by atoms with van der Waals surface area (Å²) < 4.78 is 5.24. The number of carbonyl (C=O) groups is 1. The molecule has 1 aromatic carbocycles. The molecule has 0 radical (unpaired) electrons. The van der Waals surface area contributed by atoms with E-state index in [1.165, 1.54) is 0 Å². The fraction of sp³-hybridized carbons (Fsp3) is 0.571. The van der Waals surface area contributed by atoms with Gasteiger partial charge in [0, 0.05) is 26.7 Å². The summed E-state index contributed by atoms with van der Waals surface area (Å²) in [5, 5.41) is 13.2. The standard InChI is InChI=1S/C21H30N2O4/c1-14-12-15(2)17(16(3)13-14)18-19(24)21(6-8-22(27-5)9-7-21)23(20(18)25)10-11-26-4/h12-13,24H,6-11H2,1-5H3. The summed E-state index contributed by atoms with van der Waals surface area (Å²) in [7, 11) is 3.28. The largest absolute Gasteiger partial charge is 0.509 e. The van der Waals surface area contributed by atoms with E-state index in [1.807, 2.05) is 30.7 Å². The van der Waals surface area contributed by atoms with Crippen LogP contribution in [0.1, 0.15) is 35.1 Å². The summed E-state index contributed by atoms with van der Waals surface area (Å²) in [6, 6.07) is 4.13. The lowest BCUT2D eigenvalue weighted by Crippen LogP contribution is -2.55. The van der Waals surface area contributed by atoms with Crippen molar-refractivity contribution in [3.63, 3.8) is 0 Å². The molecule has 1 N–H and O–H groups in total. The maximum absolute atomic E-state index is 13.4. The number of aryl methyl sites for hydroxylation is 3. The van der Waals surface area contributed by atoms with Gasteiger partial charge in [-0.05, 0) is 50.3 Å². The molecule has 1 saturated heterocycles. The Balaban J connectivity index is 2.10. The lowest BCUT2D eigenvalue weighted by atomic mass is 9.84. The van der Waals surface area contributed by atoms with Crippen molar-refractivity contribution in [3.8, 4) is 0 Å². The zero-order valence-corrected chi connectivity index (χ0v) is 17.0. The van der Waals surface area contributed by atoms with Gasteiger partial charge < -0.3 is 19.6 Å². The van der Waals surface area contributed by atoms with Gasteiger partial charge >= 0.3 is 0 Å². The topological polar surface area (TPSA) is 62.2 Å². The molecule has 6 nitrogen and oxygen atoms in total. The quantitative estimate of drug-likeness (QED) is 0.859. The molecular formula is C21H30N2O4. The molecule has 148 valence electrons. The third-order valence-electron chi connectivity index (χ3n) is 5.91. The minimum absolute atomic E-state index is 0.106. The van der Waals surface area contributed by atoms with Crippen LogP contribution in [0.25, 0.3) is 5.57 Å². The van der Waals surface area contributed by atoms with Crippen LogP contribution >= 0.6 is 0 Å². The fourth-order valence-electron chi connectivity index (χ4n) is 4.63. The molecule has 0 aliphatic carbocycles. The van der Waals surface area contributed by atoms with E-state index in [9.17, 15) is 9.90 Å². The number of ether oxygens (including phenoxy) is 1. The van der Waals surface area contributed by atoms with Crippen LogP contribution in [0.5, 0.6) is 0 Å². The molecule has 0 bridgehead atoms. The van der Waals surface area contributed by atoms with E-state index in [4.69, 9.17) is 9.57 Å². The van der Waals surface area contributed by atoms with Gasteiger partial charge in [0.1, 0.15) is 11.3 Å². The third kappa shape index (κ3) is 3.26. The number of rotatable bonds is 5. The predicted molar refractivity (Wildman–Crippen MR) is 104 cm³/mol. The van der Waals surface area contributed by atoms with E-state index in [1.54, 1.807) is 14.2 Å². The summed E-state index contributed by atoms with van der Waals surface area (Å²) in [4.78, 5) is 20.6. The van der Waals surface area contributed by atoms with Crippen LogP contribution < -0.4 is 0 Å². The zero-order chi connectivity index (χ0) is 19.8. The van der Waals surface area contributed by atoms with E-state index in [0.29, 0.717) is 44.7 Å². The molecule has 2 aliphatic heterocycles. The van der Waals surface area contributed by atoms with Crippen LogP contribution in [-0.4, -0.2) is 67.0 Å². The highest BCUT2D eigenvalue weighted by Gasteiger charge is 2.53. The number of piperidine rings is 1. The predicted octanol–water partition coefficient (Wildman–Crippen LogP) is 2.77. The molecule has 2 heterocycles. The van der Waals surface area contributed by atoms with Crippen molar-refractivity contribution < 1.29 is 19.5 Å². The number of amides is 1. The molecule has 0 aromatic heterocycles. The minimum atomic E-state index is -0.677. The van der Waals surface area contributed by atoms with Gasteiger partial charge in [0.05, 0.1) is 19.3 Å². The Labute approximate surface area is 161 Å². The second-order valence-electron chi connectivity index (χ2n) is 7.59. The normalized spacial score (nSPS) is 20.2. The van der Waals surface area contributed by atoms with E-state index >= 15 is 0 Å². The molecule has 0 atom stereocenters. The van der Waals surface area contributed by atoms with Gasteiger partial charge in [0.15, 0.2) is 0 Å². The van der Waals surface area contributed by atoms with Gasteiger partial charge in [0.25, 0.3) is 5.91 Å². The van der Waals surface area contributed by atoms with Crippen LogP contribution in [0.3, 0.4) is 0 Å². The number of aliphatic hydroxyl groups is 1. The van der Waals surface area contributed by atoms with Gasteiger partial charge in [-0.1, -0.05) is 17.7 Å². The maximum atomic E-state index is 13.4. The van der Waals surface area contributed by atoms with Crippen molar-refractivity contribution in [2.24, 2.45) is 0 Å². The number of benzene rings is 1. The Morgan fingerprint density at radius 3 is 2.22 bits per heavy atom. The van der Waals surface area contributed by atoms with Gasteiger partial charge in [0.2, 0.25) is 0 Å². The minimum Gasteiger partial charge on any atom is -0.509 e. The monoisotopic (exact) mass is 374 g/mol. The summed E-state index contributed by atoms with van der Waals surface area (Å²) in [6.45, 7) is 8.27. The van der Waals surface area contributed by atoms with Crippen molar-refractivity contribution in [2.45, 2.75) is 39.2 Å². The van der Waals surface area contributed by atoms with Gasteiger partial charge in [-0.3, -0.25) is 4.79 Å². The number of methoxy groups -OCH3 is 1. The lowest BCUT2D eigenvalue weighted by molar-refractivity contribution is -0.164. The van der Waals surface area contributed by atoms with Crippen LogP contribution in [0.4, 0.5) is 0 Å². The highest BCUT2D eigenvalue weighted by Crippen LogP contribution is 2.46. The average Bonchev–Trinajstić information content (AvgIpc) is 2.82. The van der Waals surface area contributed by atoms with E-state index in [0.717, 1.165) is 22.3 Å². The number of nitrogens with zero attached hydrogens (tertiary/aromatic N) is 2. The molecule has 6 heteroatoms. The van der Waals surface area contributed by atoms with E-state index < -0.39 is 5.54 Å². The molecule has 1 aromatic rings. The van der Waals surface area contributed by atoms with Crippen LogP contribution in [0.2, 0.25) is 0 Å². The first-order chi connectivity index (χ1) is 12.9. The zero-order valence-electron chi connectivity index (χ0n) is 17.0. The summed E-state index contributed by atoms with van der Waals surface area (Å²) in [6.07, 6.45) is 1.27. The molecule has 1 spiro atoms. The molecular weight excluding hydrogens is 344 g/mol. The summed E-state index contributed by atoms with van der Waals surface area (Å²) >= 11 is 0. The van der Waals surface area contributed by atoms with Crippen molar-refractivity contribution in [2.75, 3.05) is 40.5 Å². The van der Waals surface area contributed by atoms with Crippen molar-refractivity contribution >= 4 is 11.5 Å². The first-order valence-electron chi connectivity index (χ1n) is 9.47. The molecule has 2 aliphatic rings. The molecule has 1 fully saturated rings. The Kier molecular flexibility index (Phi) is 5.60. The summed E-state index contributed by atoms with van der Waals surface area (Å²) in [5.74, 6) is 0.0971. The highest BCUT2D eigenvalue weighted by atomic mass is 16.7. The van der Waals surface area contributed by atoms with E-state index in [2.05, 4.69) is 12.1 Å². The maximum Gasteiger partial charge on any atom is 0.258 e. The van der Waals surface area contributed by atoms with Crippen LogP contribution in [0.15, 0.2) is 17.9 Å². The smallest absolute Gasteiger partial charge is 0.258 e. The Bertz CT molecular complexity index is 740. The first-order valence-corrected chi connectivity index (χ1v) is 9.47. The lowest BCUT2D eigenvalue weighted by Gasteiger charge is -2.44. The number of hydrogen-bond donors (Lipinski definition) is 1. The number of hydroxylamine groups is 2. The second-order valence-corrected chi connectivity index (χ2v) is 7.59. The van der Waals surface area contributed by atoms with E-state index in [-0.39, 0.29) is 11.7 Å². The second kappa shape index (κ2) is 7.62. The summed E-state index contributed by atoms with van der Waals surface area (Å²) in [5.41, 5.74) is 3.81. The molecule has 0 saturated carbocycles. The Morgan fingerprint density at radius 1 is 1.11 bits per heavy atom. The Morgan fingerprint density at radius 2 is 1.70 bits per heavy atom. The average molecular weight is 374 g/mol. The molecule has 1 amide bonds. The van der Waals surface area contributed by atoms with Gasteiger partial charge in [-0.15, -0.1) is 0 Å². The fourth-order valence-corrected chi connectivity index (χ4v) is 4.63. The van der Waals surface area contributed by atoms with Crippen molar-refractivity contribution in [3.05, 3.63) is 40.1 Å². The number of hydrogen-bond acceptors (Lipinski definition) is 5. The highest BCUT2D eigenvalue weighted by molar-refractivity contribution is 6.23. The van der Waals surface area contributed by atoms with Gasteiger partial charge in [-0.2, -0.15) is 5.06 Å². The number of aliphatic hydroxyl groups excluding tert-OH is 1. The SMILES string of the molecule is COCCN1C(=O)C(c2c(C)cc(C)cc2C)=C(O)C12CCN(OC)CC2. The van der Waals surface area contributed by atoms with Crippen molar-refractivity contribution in [1.82, 2.24) is 9.96 Å². The van der Waals surface area contributed by atoms with Crippen LogP contribution in [0, 0.1) is 20.8 Å². The number of carbonyl (C=O) groups excluding carboxylic acids is 1. The van der Waals surface area contributed by atoms with Gasteiger partial charge in [-0.25, -0.2) is 0 Å². The third-order valence-corrected chi connectivity index (χ3v) is 5.91. The molecule has 0 unspecified atom stereocenters.